The number of benzene rings is 3. The molecule has 3 aromatic carbocycles. The summed E-state index contributed by atoms with van der Waals surface area (Å²) < 4.78 is 10.7. The Balaban J connectivity index is 1.45. The van der Waals surface area contributed by atoms with Crippen molar-refractivity contribution in [1.29, 1.82) is 0 Å². The molecule has 0 saturated carbocycles. The lowest BCUT2D eigenvalue weighted by Crippen LogP contribution is -2.32. The summed E-state index contributed by atoms with van der Waals surface area (Å²) in [6.45, 7) is 3.55. The van der Waals surface area contributed by atoms with Crippen LogP contribution in [0.2, 0.25) is 0 Å². The maximum atomic E-state index is 12.1. The van der Waals surface area contributed by atoms with Gasteiger partial charge in [0.1, 0.15) is 11.5 Å². The number of ether oxygens (including phenoxy) is 2. The highest BCUT2D eigenvalue weighted by Crippen LogP contribution is 2.23. The van der Waals surface area contributed by atoms with Gasteiger partial charge in [-0.3, -0.25) is 14.4 Å². The molecule has 0 aliphatic heterocycles. The lowest BCUT2D eigenvalue weighted by molar-refractivity contribution is -0.136. The number of nitrogens with zero attached hydrogens (tertiary/aromatic N) is 1. The molecule has 3 N–H and O–H groups in total. The highest BCUT2D eigenvalue weighted by molar-refractivity contribution is 6.39. The second kappa shape index (κ2) is 12.0. The zero-order valence-electron chi connectivity index (χ0n) is 19.6. The number of hydrazone groups is 1. The molecule has 0 saturated heterocycles. The van der Waals surface area contributed by atoms with Crippen molar-refractivity contribution < 1.29 is 23.9 Å². The summed E-state index contributed by atoms with van der Waals surface area (Å²) in [6, 6.07) is 19.4. The molecular formula is C26H26N4O5. The van der Waals surface area contributed by atoms with Gasteiger partial charge in [-0.25, -0.2) is 5.43 Å². The van der Waals surface area contributed by atoms with Crippen LogP contribution in [0, 0.1) is 13.8 Å². The van der Waals surface area contributed by atoms with E-state index in [2.05, 4.69) is 21.2 Å². The number of aryl methyl sites for hydroxylation is 2. The van der Waals surface area contributed by atoms with Crippen molar-refractivity contribution in [3.63, 3.8) is 0 Å². The Morgan fingerprint density at radius 3 is 2.37 bits per heavy atom. The fourth-order valence-electron chi connectivity index (χ4n) is 3.00. The highest BCUT2D eigenvalue weighted by Gasteiger charge is 2.14. The molecule has 0 bridgehead atoms. The minimum atomic E-state index is -0.886. The summed E-state index contributed by atoms with van der Waals surface area (Å²) in [5, 5.41) is 9.11. The van der Waals surface area contributed by atoms with E-state index in [0.717, 1.165) is 11.1 Å². The Morgan fingerprint density at radius 2 is 1.63 bits per heavy atom. The van der Waals surface area contributed by atoms with E-state index in [1.54, 1.807) is 48.5 Å². The average Bonchev–Trinajstić information content (AvgIpc) is 2.86. The number of hydrogen-bond donors (Lipinski definition) is 3. The van der Waals surface area contributed by atoms with Gasteiger partial charge in [0.05, 0.1) is 19.0 Å². The zero-order chi connectivity index (χ0) is 25.2. The summed E-state index contributed by atoms with van der Waals surface area (Å²) >= 11 is 0. The summed E-state index contributed by atoms with van der Waals surface area (Å²) in [6.07, 6.45) is 1.39. The standard InChI is InChI=1S/C26H26N4O5/c1-17-8-9-18(2)22(14-17)29-25(32)26(33)30-27-15-19-10-12-20(13-11-19)35-16-24(31)28-21-6-4-5-7-23(21)34-3/h4-15H,16H2,1-3H3,(H,28,31)(H,29,32)(H,30,33). The molecule has 3 rings (SSSR count). The number of para-hydroxylation sites is 2. The third-order valence-electron chi connectivity index (χ3n) is 4.86. The van der Waals surface area contributed by atoms with E-state index in [1.165, 1.54) is 13.3 Å². The van der Waals surface area contributed by atoms with Crippen molar-refractivity contribution >= 4 is 35.3 Å². The van der Waals surface area contributed by atoms with Gasteiger partial charge in [0.15, 0.2) is 6.61 Å². The first-order valence-electron chi connectivity index (χ1n) is 10.7. The molecule has 3 aromatic rings. The van der Waals surface area contributed by atoms with Gasteiger partial charge in [-0.2, -0.15) is 5.10 Å². The molecule has 0 fully saturated rings. The Labute approximate surface area is 203 Å². The maximum Gasteiger partial charge on any atom is 0.329 e. The van der Waals surface area contributed by atoms with Crippen molar-refractivity contribution in [2.24, 2.45) is 5.10 Å². The smallest absolute Gasteiger partial charge is 0.329 e. The zero-order valence-corrected chi connectivity index (χ0v) is 19.6. The van der Waals surface area contributed by atoms with Crippen LogP contribution in [0.3, 0.4) is 0 Å². The highest BCUT2D eigenvalue weighted by atomic mass is 16.5. The van der Waals surface area contributed by atoms with Crippen LogP contribution in [-0.4, -0.2) is 37.7 Å². The number of rotatable bonds is 8. The first kappa shape index (κ1) is 25.0. The van der Waals surface area contributed by atoms with E-state index in [9.17, 15) is 14.4 Å². The average molecular weight is 475 g/mol. The van der Waals surface area contributed by atoms with E-state index < -0.39 is 11.8 Å². The van der Waals surface area contributed by atoms with Crippen molar-refractivity contribution in [1.82, 2.24) is 5.43 Å². The summed E-state index contributed by atoms with van der Waals surface area (Å²) in [5.41, 5.74) is 5.79. The summed E-state index contributed by atoms with van der Waals surface area (Å²) in [7, 11) is 1.53. The third kappa shape index (κ3) is 7.43. The summed E-state index contributed by atoms with van der Waals surface area (Å²) in [4.78, 5) is 36.2. The number of carbonyl (C=O) groups is 3. The Morgan fingerprint density at radius 1 is 0.886 bits per heavy atom. The lowest BCUT2D eigenvalue weighted by Gasteiger charge is -2.10. The molecule has 0 aliphatic carbocycles. The van der Waals surface area contributed by atoms with Gasteiger partial charge >= 0.3 is 11.8 Å². The predicted octanol–water partition coefficient (Wildman–Crippen LogP) is 3.42. The topological polar surface area (TPSA) is 118 Å². The predicted molar refractivity (Wildman–Crippen MR) is 134 cm³/mol. The van der Waals surface area contributed by atoms with E-state index in [1.807, 2.05) is 32.0 Å². The fraction of sp³-hybridized carbons (Fsp3) is 0.154. The van der Waals surface area contributed by atoms with Crippen LogP contribution in [0.15, 0.2) is 71.8 Å². The molecule has 35 heavy (non-hydrogen) atoms. The van der Waals surface area contributed by atoms with Crippen LogP contribution in [0.4, 0.5) is 11.4 Å². The molecule has 9 heteroatoms. The third-order valence-corrected chi connectivity index (χ3v) is 4.86. The SMILES string of the molecule is COc1ccccc1NC(=O)COc1ccc(C=NNC(=O)C(=O)Nc2cc(C)ccc2C)cc1. The van der Waals surface area contributed by atoms with Crippen molar-refractivity contribution in [3.05, 3.63) is 83.4 Å². The van der Waals surface area contributed by atoms with E-state index in [4.69, 9.17) is 9.47 Å². The number of methoxy groups -OCH3 is 1. The van der Waals surface area contributed by atoms with Crippen molar-refractivity contribution in [2.75, 3.05) is 24.4 Å². The maximum absolute atomic E-state index is 12.1. The first-order valence-corrected chi connectivity index (χ1v) is 10.7. The van der Waals surface area contributed by atoms with Gasteiger partial charge in [-0.05, 0) is 73.0 Å². The number of nitrogens with one attached hydrogen (secondary N) is 3. The molecule has 0 atom stereocenters. The minimum absolute atomic E-state index is 0.183. The monoisotopic (exact) mass is 474 g/mol. The molecular weight excluding hydrogens is 448 g/mol. The molecule has 180 valence electrons. The molecule has 9 nitrogen and oxygen atoms in total. The van der Waals surface area contributed by atoms with E-state index >= 15 is 0 Å². The van der Waals surface area contributed by atoms with Crippen LogP contribution in [0.5, 0.6) is 11.5 Å². The molecule has 0 heterocycles. The second-order valence-electron chi connectivity index (χ2n) is 7.58. The molecule has 0 aliphatic rings. The van der Waals surface area contributed by atoms with Gasteiger partial charge in [0.2, 0.25) is 0 Å². The van der Waals surface area contributed by atoms with Crippen molar-refractivity contribution in [2.45, 2.75) is 13.8 Å². The van der Waals surface area contributed by atoms with Gasteiger partial charge in [0, 0.05) is 5.69 Å². The van der Waals surface area contributed by atoms with Gasteiger partial charge in [0.25, 0.3) is 5.91 Å². The Bertz CT molecular complexity index is 1240. The number of amides is 3. The quantitative estimate of drug-likeness (QED) is 0.263. The Kier molecular flexibility index (Phi) is 8.55. The molecule has 0 aromatic heterocycles. The van der Waals surface area contributed by atoms with E-state index in [0.29, 0.717) is 28.4 Å². The van der Waals surface area contributed by atoms with Crippen LogP contribution in [-0.2, 0) is 14.4 Å². The fourth-order valence-corrected chi connectivity index (χ4v) is 3.00. The molecule has 0 radical (unpaired) electrons. The minimum Gasteiger partial charge on any atom is -0.495 e. The molecule has 3 amide bonds. The van der Waals surface area contributed by atoms with Crippen LogP contribution in [0.1, 0.15) is 16.7 Å². The van der Waals surface area contributed by atoms with Crippen LogP contribution >= 0.6 is 0 Å². The Hall–Kier alpha value is -4.66. The van der Waals surface area contributed by atoms with Crippen molar-refractivity contribution in [3.8, 4) is 11.5 Å². The van der Waals surface area contributed by atoms with Gasteiger partial charge in [-0.1, -0.05) is 24.3 Å². The number of anilines is 2. The molecule has 0 spiro atoms. The summed E-state index contributed by atoms with van der Waals surface area (Å²) in [5.74, 6) is -0.996. The largest absolute Gasteiger partial charge is 0.495 e. The normalized spacial score (nSPS) is 10.5. The van der Waals surface area contributed by atoms with Gasteiger partial charge in [-0.15, -0.1) is 0 Å². The first-order chi connectivity index (χ1) is 16.9. The lowest BCUT2D eigenvalue weighted by atomic mass is 10.1. The van der Waals surface area contributed by atoms with E-state index in [-0.39, 0.29) is 12.5 Å². The second-order valence-corrected chi connectivity index (χ2v) is 7.58. The number of hydrogen-bond acceptors (Lipinski definition) is 6. The van der Waals surface area contributed by atoms with Crippen LogP contribution in [0.25, 0.3) is 0 Å². The molecule has 0 unspecified atom stereocenters. The number of carbonyl (C=O) groups excluding carboxylic acids is 3. The van der Waals surface area contributed by atoms with Gasteiger partial charge < -0.3 is 20.1 Å². The van der Waals surface area contributed by atoms with Crippen LogP contribution < -0.4 is 25.5 Å².